The van der Waals surface area contributed by atoms with Crippen molar-refractivity contribution in [1.82, 2.24) is 10.2 Å². The molecule has 0 heterocycles. The van der Waals surface area contributed by atoms with E-state index in [2.05, 4.69) is 17.9 Å². The van der Waals surface area contributed by atoms with Gasteiger partial charge in [-0.1, -0.05) is 48.5 Å². The maximum absolute atomic E-state index is 12.0. The first-order valence-electron chi connectivity index (χ1n) is 8.89. The number of carbonyl (C=O) groups is 2. The maximum Gasteiger partial charge on any atom is 0.225 e. The van der Waals surface area contributed by atoms with Crippen molar-refractivity contribution in [3.05, 3.63) is 0 Å². The lowest BCUT2D eigenvalue weighted by Gasteiger charge is -2.32. The Labute approximate surface area is 155 Å². The summed E-state index contributed by atoms with van der Waals surface area (Å²) in [6.45, 7) is 15.3. The zero-order chi connectivity index (χ0) is 19.8. The molecule has 146 valence electrons. The summed E-state index contributed by atoms with van der Waals surface area (Å²) in [7, 11) is 3.46. The molecule has 0 fully saturated rings. The minimum absolute atomic E-state index is 0.0416. The summed E-state index contributed by atoms with van der Waals surface area (Å²) in [5.74, 6) is 0.456. The first kappa shape index (κ1) is 28.1. The normalized spacial score (nSPS) is 11.2. The van der Waals surface area contributed by atoms with Gasteiger partial charge in [0.2, 0.25) is 11.8 Å². The lowest BCUT2D eigenvalue weighted by atomic mass is 9.76. The van der Waals surface area contributed by atoms with E-state index in [1.165, 1.54) is 0 Å². The number of thiol groups is 1. The van der Waals surface area contributed by atoms with Crippen LogP contribution in [0.25, 0.3) is 0 Å². The van der Waals surface area contributed by atoms with Gasteiger partial charge in [0.1, 0.15) is 0 Å². The molecule has 0 aromatic carbocycles. The summed E-state index contributed by atoms with van der Waals surface area (Å²) in [4.78, 5) is 25.4. The molecule has 2 amide bonds. The van der Waals surface area contributed by atoms with Gasteiger partial charge in [0.05, 0.1) is 13.2 Å². The molecule has 0 bridgehead atoms. The second kappa shape index (κ2) is 17.1. The summed E-state index contributed by atoms with van der Waals surface area (Å²) in [5, 5.41) is 2.81. The fraction of sp³-hybridized carbons (Fsp3) is 0.889. The minimum atomic E-state index is -0.378. The number of amides is 2. The van der Waals surface area contributed by atoms with Gasteiger partial charge in [-0.15, -0.1) is 0 Å². The van der Waals surface area contributed by atoms with Crippen LogP contribution in [-0.2, 0) is 14.3 Å². The quantitative estimate of drug-likeness (QED) is 0.488. The fourth-order valence-electron chi connectivity index (χ4n) is 1.78. The van der Waals surface area contributed by atoms with Crippen LogP contribution < -0.4 is 5.32 Å². The molecule has 0 aliphatic carbocycles. The molecule has 24 heavy (non-hydrogen) atoms. The molecule has 0 saturated heterocycles. The third kappa shape index (κ3) is 13.7. The molecule has 0 radical (unpaired) electrons. The van der Waals surface area contributed by atoms with E-state index in [0.717, 1.165) is 0 Å². The Morgan fingerprint density at radius 1 is 1.12 bits per heavy atom. The molecule has 0 aromatic heterocycles. The number of rotatable bonds is 9. The van der Waals surface area contributed by atoms with E-state index in [4.69, 9.17) is 4.74 Å². The van der Waals surface area contributed by atoms with E-state index >= 15 is 0 Å². The Morgan fingerprint density at radius 2 is 1.62 bits per heavy atom. The van der Waals surface area contributed by atoms with E-state index in [1.807, 2.05) is 48.5 Å². The highest BCUT2D eigenvalue weighted by Crippen LogP contribution is 2.31. The first-order valence-corrected chi connectivity index (χ1v) is 9.52. The molecule has 0 spiro atoms. The number of hydrogen-bond donors (Lipinski definition) is 2. The van der Waals surface area contributed by atoms with Crippen LogP contribution in [0.4, 0.5) is 0 Å². The Morgan fingerprint density at radius 3 is 2.04 bits per heavy atom. The number of nitrogens with zero attached hydrogens (tertiary/aromatic N) is 1. The van der Waals surface area contributed by atoms with Gasteiger partial charge in [0.25, 0.3) is 0 Å². The molecule has 1 unspecified atom stereocenters. The molecule has 0 saturated carbocycles. The van der Waals surface area contributed by atoms with Crippen LogP contribution in [0.1, 0.15) is 54.9 Å². The lowest BCUT2D eigenvalue weighted by molar-refractivity contribution is -0.137. The van der Waals surface area contributed by atoms with Crippen molar-refractivity contribution in [2.24, 2.45) is 11.3 Å². The molecule has 0 aliphatic heterocycles. The molecule has 1 N–H and O–H groups in total. The van der Waals surface area contributed by atoms with Crippen molar-refractivity contribution in [3.8, 4) is 0 Å². The average molecular weight is 365 g/mol. The monoisotopic (exact) mass is 364 g/mol. The van der Waals surface area contributed by atoms with Crippen molar-refractivity contribution >= 4 is 24.4 Å². The van der Waals surface area contributed by atoms with Crippen molar-refractivity contribution in [1.29, 1.82) is 0 Å². The minimum Gasteiger partial charge on any atom is -0.379 e. The summed E-state index contributed by atoms with van der Waals surface area (Å²) >= 11 is 4.03. The Kier molecular flexibility index (Phi) is 20.0. The second-order valence-electron chi connectivity index (χ2n) is 5.81. The summed E-state index contributed by atoms with van der Waals surface area (Å²) in [5.41, 5.74) is -0.378. The van der Waals surface area contributed by atoms with Gasteiger partial charge < -0.3 is 15.0 Å². The number of nitrogens with one attached hydrogen (secondary N) is 1. The van der Waals surface area contributed by atoms with Crippen LogP contribution in [0.15, 0.2) is 0 Å². The van der Waals surface area contributed by atoms with Crippen LogP contribution in [0.2, 0.25) is 0 Å². The molecular formula is C18H40N2O3S. The Bertz CT molecular complexity index is 321. The van der Waals surface area contributed by atoms with Gasteiger partial charge in [-0.3, -0.25) is 9.59 Å². The molecule has 6 heteroatoms. The van der Waals surface area contributed by atoms with Gasteiger partial charge in [0, 0.05) is 38.7 Å². The summed E-state index contributed by atoms with van der Waals surface area (Å²) < 4.78 is 5.23. The van der Waals surface area contributed by atoms with Crippen LogP contribution in [0, 0.1) is 11.3 Å². The standard InChI is InChI=1S/C14H28N2O3S.2C2H6/c1-11(13(18)16(4)5)14(2,3)10-12(17)15-6-7-19-8-9-20;2*1-2/h11,20H,6-10H2,1-5H3,(H,15,17);2*1-2H3. The van der Waals surface area contributed by atoms with E-state index in [1.54, 1.807) is 19.0 Å². The second-order valence-corrected chi connectivity index (χ2v) is 6.25. The topological polar surface area (TPSA) is 58.6 Å². The smallest absolute Gasteiger partial charge is 0.225 e. The Balaban J connectivity index is -0.00000102. The van der Waals surface area contributed by atoms with E-state index in [9.17, 15) is 9.59 Å². The third-order valence-corrected chi connectivity index (χ3v) is 3.59. The highest BCUT2D eigenvalue weighted by Gasteiger charge is 2.34. The van der Waals surface area contributed by atoms with Crippen molar-refractivity contribution in [3.63, 3.8) is 0 Å². The molecule has 0 aliphatic rings. The number of ether oxygens (including phenoxy) is 1. The van der Waals surface area contributed by atoms with Crippen molar-refractivity contribution in [2.45, 2.75) is 54.9 Å². The predicted octanol–water partition coefficient (Wildman–Crippen LogP) is 3.24. The summed E-state index contributed by atoms with van der Waals surface area (Å²) in [6, 6.07) is 0. The first-order chi connectivity index (χ1) is 11.2. The van der Waals surface area contributed by atoms with Gasteiger partial charge in [-0.05, 0) is 5.41 Å². The summed E-state index contributed by atoms with van der Waals surface area (Å²) in [6.07, 6.45) is 0.320. The predicted molar refractivity (Wildman–Crippen MR) is 107 cm³/mol. The van der Waals surface area contributed by atoms with Crippen LogP contribution >= 0.6 is 12.6 Å². The van der Waals surface area contributed by atoms with Gasteiger partial charge in [0.15, 0.2) is 0 Å². The maximum atomic E-state index is 12.0. The van der Waals surface area contributed by atoms with E-state index in [-0.39, 0.29) is 23.1 Å². The highest BCUT2D eigenvalue weighted by atomic mass is 32.1. The molecule has 1 atom stereocenters. The van der Waals surface area contributed by atoms with Crippen LogP contribution in [-0.4, -0.2) is 56.3 Å². The third-order valence-electron chi connectivity index (χ3n) is 3.40. The molecule has 5 nitrogen and oxygen atoms in total. The van der Waals surface area contributed by atoms with Gasteiger partial charge >= 0.3 is 0 Å². The number of carbonyl (C=O) groups excluding carboxylic acids is 2. The fourth-order valence-corrected chi connectivity index (χ4v) is 1.91. The van der Waals surface area contributed by atoms with Crippen molar-refractivity contribution < 1.29 is 14.3 Å². The zero-order valence-electron chi connectivity index (χ0n) is 17.2. The zero-order valence-corrected chi connectivity index (χ0v) is 18.1. The van der Waals surface area contributed by atoms with Gasteiger partial charge in [-0.2, -0.15) is 12.6 Å². The lowest BCUT2D eigenvalue weighted by Crippen LogP contribution is -2.40. The Hall–Kier alpha value is -0.750. The van der Waals surface area contributed by atoms with Gasteiger partial charge in [-0.25, -0.2) is 0 Å². The van der Waals surface area contributed by atoms with Crippen LogP contribution in [0.3, 0.4) is 0 Å². The molecule has 0 rings (SSSR count). The molecule has 0 aromatic rings. The van der Waals surface area contributed by atoms with Crippen LogP contribution in [0.5, 0.6) is 0 Å². The van der Waals surface area contributed by atoms with E-state index in [0.29, 0.717) is 31.9 Å². The average Bonchev–Trinajstić information content (AvgIpc) is 2.56. The molecular weight excluding hydrogens is 324 g/mol. The highest BCUT2D eigenvalue weighted by molar-refractivity contribution is 7.80. The SMILES string of the molecule is CC.CC.CC(C(=O)N(C)C)C(C)(C)CC(=O)NCCOCCS. The van der Waals surface area contributed by atoms with Crippen molar-refractivity contribution in [2.75, 3.05) is 39.6 Å². The largest absolute Gasteiger partial charge is 0.379 e. The number of hydrogen-bond acceptors (Lipinski definition) is 4. The van der Waals surface area contributed by atoms with E-state index < -0.39 is 0 Å².